The van der Waals surface area contributed by atoms with E-state index in [1.807, 2.05) is 78.9 Å². The average Bonchev–Trinajstić information content (AvgIpc) is 3.50. The Balaban J connectivity index is 0.868. The highest BCUT2D eigenvalue weighted by Crippen LogP contribution is 2.49. The van der Waals surface area contributed by atoms with Crippen molar-refractivity contribution in [3.8, 4) is 56.4 Å². The molecular weight excluding hydrogens is 918 g/mol. The van der Waals surface area contributed by atoms with Crippen LogP contribution in [-0.4, -0.2) is 15.0 Å². The van der Waals surface area contributed by atoms with Gasteiger partial charge >= 0.3 is 0 Å². The van der Waals surface area contributed by atoms with E-state index in [1.165, 1.54) is 68.6 Å². The van der Waals surface area contributed by atoms with Crippen LogP contribution < -0.4 is 15.9 Å². The van der Waals surface area contributed by atoms with E-state index in [2.05, 4.69) is 176 Å². The Morgan fingerprint density at radius 3 is 1.20 bits per heavy atom. The molecule has 5 heteroatoms. The fourth-order valence-corrected chi connectivity index (χ4v) is 14.5. The third kappa shape index (κ3) is 7.95. The fourth-order valence-electron chi connectivity index (χ4n) is 11.9. The topological polar surface area (TPSA) is 55.7 Å². The van der Waals surface area contributed by atoms with E-state index in [-0.39, 0.29) is 5.41 Å². The molecule has 0 radical (unpaired) electrons. The molecule has 12 aromatic rings. The van der Waals surface area contributed by atoms with E-state index in [0.29, 0.717) is 17.5 Å². The lowest BCUT2D eigenvalue weighted by molar-refractivity contribution is 0.346. The smallest absolute Gasteiger partial charge is 0.171 e. The second-order valence-electron chi connectivity index (χ2n) is 19.7. The summed E-state index contributed by atoms with van der Waals surface area (Å²) in [6.45, 7) is 0. The molecule has 0 unspecified atom stereocenters. The van der Waals surface area contributed by atoms with Crippen molar-refractivity contribution >= 4 is 55.4 Å². The van der Waals surface area contributed by atoms with E-state index in [1.54, 1.807) is 0 Å². The van der Waals surface area contributed by atoms with Crippen LogP contribution >= 0.6 is 7.14 Å². The lowest BCUT2D eigenvalue weighted by Gasteiger charge is -2.39. The van der Waals surface area contributed by atoms with Gasteiger partial charge in [0.05, 0.1) is 0 Å². The second-order valence-corrected chi connectivity index (χ2v) is 22.4. The summed E-state index contributed by atoms with van der Waals surface area (Å²) in [5, 5.41) is 9.54. The lowest BCUT2D eigenvalue weighted by Crippen LogP contribution is -2.30. The average molecular weight is 970 g/mol. The zero-order valence-electron chi connectivity index (χ0n) is 41.0. The summed E-state index contributed by atoms with van der Waals surface area (Å²) in [6.07, 6.45) is 5.78. The summed E-state index contributed by atoms with van der Waals surface area (Å²) in [5.74, 6) is 1.99. The quantitative estimate of drug-likeness (QED) is 0.101. The maximum atomic E-state index is 15.3. The first-order chi connectivity index (χ1) is 36.5. The molecule has 1 aliphatic rings. The van der Waals surface area contributed by atoms with Crippen LogP contribution in [0.25, 0.3) is 88.7 Å². The van der Waals surface area contributed by atoms with Gasteiger partial charge < -0.3 is 4.57 Å². The number of rotatable bonds is 10. The minimum Gasteiger partial charge on any atom is -0.309 e. The molecule has 1 heterocycles. The predicted molar refractivity (Wildman–Crippen MR) is 309 cm³/mol. The SMILES string of the molecule is O=P(c1ccccc1)(c1ccccc1)c1ccc(-c2c3ccccc3c(-c3ccc(C4(c5ccc(-c6nc(-c7ccccc7)nc(-c7cccc8ccccc78)n6)cc5)CCCCC4)cc3)c3ccccc23)cc1. The first-order valence-corrected chi connectivity index (χ1v) is 27.5. The van der Waals surface area contributed by atoms with E-state index >= 15 is 4.57 Å². The number of fused-ring (bicyclic) bond motifs is 3. The molecule has 0 aliphatic heterocycles. The Morgan fingerprint density at radius 2 is 0.689 bits per heavy atom. The summed E-state index contributed by atoms with van der Waals surface area (Å²) in [7, 11) is -3.12. The number of nitrogens with zero attached hydrogens (tertiary/aromatic N) is 3. The van der Waals surface area contributed by atoms with Gasteiger partial charge in [0.25, 0.3) is 0 Å². The Hall–Kier alpha value is -8.56. The maximum absolute atomic E-state index is 15.3. The van der Waals surface area contributed by atoms with Gasteiger partial charge in [-0.25, -0.2) is 15.0 Å². The Morgan fingerprint density at radius 1 is 0.311 bits per heavy atom. The Kier molecular flexibility index (Phi) is 11.7. The van der Waals surface area contributed by atoms with E-state index in [0.717, 1.165) is 61.8 Å². The predicted octanol–water partition coefficient (Wildman–Crippen LogP) is 16.6. The summed E-state index contributed by atoms with van der Waals surface area (Å²) in [5.41, 5.74) is 10.2. The van der Waals surface area contributed by atoms with Crippen molar-refractivity contribution in [2.75, 3.05) is 0 Å². The van der Waals surface area contributed by atoms with Gasteiger partial charge in [-0.2, -0.15) is 0 Å². The molecule has 1 aliphatic carbocycles. The van der Waals surface area contributed by atoms with E-state index in [9.17, 15) is 0 Å². The van der Waals surface area contributed by atoms with Crippen LogP contribution in [0.3, 0.4) is 0 Å². The first kappa shape index (κ1) is 45.3. The van der Waals surface area contributed by atoms with Gasteiger partial charge in [0.2, 0.25) is 0 Å². The van der Waals surface area contributed by atoms with Crippen LogP contribution in [0, 0.1) is 0 Å². The third-order valence-corrected chi connectivity index (χ3v) is 18.6. The zero-order valence-corrected chi connectivity index (χ0v) is 41.9. The summed E-state index contributed by atoms with van der Waals surface area (Å²) >= 11 is 0. The van der Waals surface area contributed by atoms with Gasteiger partial charge in [-0.15, -0.1) is 0 Å². The van der Waals surface area contributed by atoms with Crippen LogP contribution in [0.15, 0.2) is 255 Å². The van der Waals surface area contributed by atoms with Crippen LogP contribution in [0.1, 0.15) is 43.2 Å². The molecule has 0 amide bonds. The van der Waals surface area contributed by atoms with Gasteiger partial charge in [0.1, 0.15) is 0 Å². The summed E-state index contributed by atoms with van der Waals surface area (Å²) < 4.78 is 15.3. The first-order valence-electron chi connectivity index (χ1n) is 25.8. The largest absolute Gasteiger partial charge is 0.309 e. The summed E-state index contributed by atoms with van der Waals surface area (Å²) in [4.78, 5) is 15.3. The molecule has 354 valence electrons. The second kappa shape index (κ2) is 19.1. The molecule has 11 aromatic carbocycles. The van der Waals surface area contributed by atoms with Crippen molar-refractivity contribution in [3.63, 3.8) is 0 Å². The third-order valence-electron chi connectivity index (χ3n) is 15.5. The molecule has 0 atom stereocenters. The van der Waals surface area contributed by atoms with Gasteiger partial charge in [0.15, 0.2) is 24.6 Å². The molecule has 0 spiro atoms. The molecule has 0 bridgehead atoms. The molecule has 13 rings (SSSR count). The molecule has 0 saturated heterocycles. The standard InChI is InChI=1S/C69H52N3OP/c73-74(55-24-7-2-8-25-55,56-26-9-3-10-27-56)57-44-38-50(39-45-57)65-61-31-15-13-29-59(61)64(60-30-14-16-32-62(60)65)49-34-40-53(41-35-49)69(46-17-4-18-47-69)54-42-36-52(37-43-54)67-70-66(51-21-5-1-6-22-51)71-68(72-67)63-33-19-23-48-20-11-12-28-58(48)63/h1-3,5-16,19-45H,4,17-18,46-47H2. The van der Waals surface area contributed by atoms with Gasteiger partial charge in [-0.3, -0.25) is 0 Å². The Bertz CT molecular complexity index is 3940. The maximum Gasteiger partial charge on any atom is 0.171 e. The fraction of sp³-hybridized carbons (Fsp3) is 0.0870. The molecule has 4 nitrogen and oxygen atoms in total. The van der Waals surface area contributed by atoms with Crippen LogP contribution in [0.2, 0.25) is 0 Å². The number of hydrogen-bond acceptors (Lipinski definition) is 4. The van der Waals surface area contributed by atoms with Gasteiger partial charge in [-0.1, -0.05) is 274 Å². The van der Waals surface area contributed by atoms with Crippen molar-refractivity contribution in [2.24, 2.45) is 0 Å². The number of benzene rings is 11. The van der Waals surface area contributed by atoms with Crippen molar-refractivity contribution in [2.45, 2.75) is 37.5 Å². The highest BCUT2D eigenvalue weighted by molar-refractivity contribution is 7.85. The highest BCUT2D eigenvalue weighted by Gasteiger charge is 2.36. The molecule has 74 heavy (non-hydrogen) atoms. The number of hydrogen-bond donors (Lipinski definition) is 0. The monoisotopic (exact) mass is 969 g/mol. The normalized spacial score (nSPS) is 13.6. The van der Waals surface area contributed by atoms with Crippen LogP contribution in [0.4, 0.5) is 0 Å². The zero-order chi connectivity index (χ0) is 49.5. The van der Waals surface area contributed by atoms with Crippen molar-refractivity contribution in [1.82, 2.24) is 15.0 Å². The van der Waals surface area contributed by atoms with Gasteiger partial charge in [0, 0.05) is 38.0 Å². The minimum atomic E-state index is -3.12. The van der Waals surface area contributed by atoms with Gasteiger partial charge in [-0.05, 0) is 78.5 Å². The molecule has 0 N–H and O–H groups in total. The van der Waals surface area contributed by atoms with Crippen molar-refractivity contribution in [3.05, 3.63) is 266 Å². The lowest BCUT2D eigenvalue weighted by atomic mass is 9.65. The van der Waals surface area contributed by atoms with Crippen molar-refractivity contribution in [1.29, 1.82) is 0 Å². The molecule has 1 saturated carbocycles. The van der Waals surface area contributed by atoms with Crippen LogP contribution in [-0.2, 0) is 9.98 Å². The highest BCUT2D eigenvalue weighted by atomic mass is 31.2. The van der Waals surface area contributed by atoms with Crippen molar-refractivity contribution < 1.29 is 4.57 Å². The number of aromatic nitrogens is 3. The van der Waals surface area contributed by atoms with E-state index in [4.69, 9.17) is 15.0 Å². The summed E-state index contributed by atoms with van der Waals surface area (Å²) in [6, 6.07) is 89.5. The van der Waals surface area contributed by atoms with E-state index < -0.39 is 7.14 Å². The molecule has 1 fully saturated rings. The Labute approximate surface area is 432 Å². The van der Waals surface area contributed by atoms with Crippen LogP contribution in [0.5, 0.6) is 0 Å². The molecular formula is C69H52N3OP. The minimum absolute atomic E-state index is 0.122. The molecule has 1 aromatic heterocycles.